The maximum atomic E-state index is 12.7. The van der Waals surface area contributed by atoms with Gasteiger partial charge < -0.3 is 9.15 Å². The lowest BCUT2D eigenvalue weighted by molar-refractivity contribution is -0.118. The zero-order valence-electron chi connectivity index (χ0n) is 18.0. The van der Waals surface area contributed by atoms with Gasteiger partial charge in [-0.3, -0.25) is 9.69 Å². The lowest BCUT2D eigenvalue weighted by atomic mass is 10.1. The highest BCUT2D eigenvalue weighted by atomic mass is 32.2. The summed E-state index contributed by atoms with van der Waals surface area (Å²) in [6.45, 7) is 5.57. The number of ether oxygens (including phenoxy) is 1. The number of aromatic nitrogens is 3. The third kappa shape index (κ3) is 4.58. The molecule has 0 saturated heterocycles. The van der Waals surface area contributed by atoms with Crippen molar-refractivity contribution in [3.63, 3.8) is 0 Å². The van der Waals surface area contributed by atoms with Crippen LogP contribution in [0.15, 0.2) is 46.0 Å². The Morgan fingerprint density at radius 2 is 1.97 bits per heavy atom. The Morgan fingerprint density at radius 3 is 2.71 bits per heavy atom. The van der Waals surface area contributed by atoms with Crippen LogP contribution >= 0.6 is 11.8 Å². The van der Waals surface area contributed by atoms with Crippen LogP contribution in [0, 0.1) is 6.92 Å². The Kier molecular flexibility index (Phi) is 6.56. The van der Waals surface area contributed by atoms with Crippen LogP contribution in [-0.2, 0) is 4.79 Å². The van der Waals surface area contributed by atoms with Gasteiger partial charge in [-0.05, 0) is 31.5 Å². The first-order valence-electron chi connectivity index (χ1n) is 10.6. The van der Waals surface area contributed by atoms with Crippen LogP contribution in [0.1, 0.15) is 57.3 Å². The van der Waals surface area contributed by atoms with E-state index in [4.69, 9.17) is 9.15 Å². The summed E-state index contributed by atoms with van der Waals surface area (Å²) in [7, 11) is 0. The Morgan fingerprint density at radius 1 is 1.13 bits per heavy atom. The van der Waals surface area contributed by atoms with Crippen LogP contribution in [0.3, 0.4) is 0 Å². The molecule has 0 fully saturated rings. The molecule has 8 heteroatoms. The summed E-state index contributed by atoms with van der Waals surface area (Å²) in [5.74, 6) is 2.38. The number of aryl methyl sites for hydroxylation is 1. The highest BCUT2D eigenvalue weighted by Gasteiger charge is 2.36. The molecule has 1 atom stereocenters. The van der Waals surface area contributed by atoms with E-state index in [0.717, 1.165) is 23.5 Å². The van der Waals surface area contributed by atoms with Crippen molar-refractivity contribution in [2.75, 3.05) is 10.7 Å². The molecule has 0 bridgehead atoms. The van der Waals surface area contributed by atoms with Crippen LogP contribution in [-0.4, -0.2) is 26.8 Å². The average molecular weight is 439 g/mol. The van der Waals surface area contributed by atoms with Gasteiger partial charge in [0.2, 0.25) is 23.2 Å². The fourth-order valence-corrected chi connectivity index (χ4v) is 4.35. The minimum atomic E-state index is -0.785. The second-order valence-corrected chi connectivity index (χ2v) is 8.54. The molecule has 4 rings (SSSR count). The molecule has 3 aromatic rings. The largest absolute Gasteiger partial charge is 0.460 e. The van der Waals surface area contributed by atoms with Crippen LogP contribution in [0.2, 0.25) is 0 Å². The Hall–Kier alpha value is -2.87. The lowest BCUT2D eigenvalue weighted by Gasteiger charge is -2.28. The van der Waals surface area contributed by atoms with Crippen LogP contribution < -0.4 is 9.64 Å². The molecular formula is C23H26N4O3S. The van der Waals surface area contributed by atoms with Crippen molar-refractivity contribution in [2.45, 2.75) is 57.8 Å². The lowest BCUT2D eigenvalue weighted by Crippen LogP contribution is -2.35. The third-order valence-corrected chi connectivity index (χ3v) is 6.01. The van der Waals surface area contributed by atoms with E-state index in [1.807, 2.05) is 43.3 Å². The minimum absolute atomic E-state index is 0.169. The molecule has 0 radical (unpaired) electrons. The number of amides is 1. The predicted molar refractivity (Wildman–Crippen MR) is 120 cm³/mol. The number of anilines is 1. The normalized spacial score (nSPS) is 15.1. The van der Waals surface area contributed by atoms with Gasteiger partial charge in [0.1, 0.15) is 5.76 Å². The van der Waals surface area contributed by atoms with Gasteiger partial charge in [-0.2, -0.15) is 4.98 Å². The van der Waals surface area contributed by atoms with E-state index >= 15 is 0 Å². The number of unbranched alkanes of at least 4 members (excludes halogenated alkanes) is 3. The van der Waals surface area contributed by atoms with E-state index in [9.17, 15) is 4.79 Å². The van der Waals surface area contributed by atoms with E-state index in [-0.39, 0.29) is 5.91 Å². The molecule has 2 aromatic heterocycles. The maximum Gasteiger partial charge on any atom is 0.247 e. The van der Waals surface area contributed by atoms with Crippen molar-refractivity contribution in [1.82, 2.24) is 15.2 Å². The fourth-order valence-electron chi connectivity index (χ4n) is 3.58. The second-order valence-electron chi connectivity index (χ2n) is 7.48. The number of thioether (sulfide) groups is 1. The molecule has 1 amide bonds. The fraction of sp³-hybridized carbons (Fsp3) is 0.391. The smallest absolute Gasteiger partial charge is 0.247 e. The quantitative estimate of drug-likeness (QED) is 0.353. The molecule has 7 nitrogen and oxygen atoms in total. The predicted octanol–water partition coefficient (Wildman–Crippen LogP) is 5.56. The van der Waals surface area contributed by atoms with Gasteiger partial charge in [0.25, 0.3) is 0 Å². The van der Waals surface area contributed by atoms with Crippen LogP contribution in [0.5, 0.6) is 5.88 Å². The molecule has 1 aromatic carbocycles. The topological polar surface area (TPSA) is 81.3 Å². The van der Waals surface area contributed by atoms with E-state index in [0.29, 0.717) is 28.2 Å². The number of rotatable bonds is 7. The molecular weight excluding hydrogens is 412 g/mol. The van der Waals surface area contributed by atoms with E-state index < -0.39 is 6.23 Å². The van der Waals surface area contributed by atoms with E-state index in [1.165, 1.54) is 26.2 Å². The van der Waals surface area contributed by atoms with Gasteiger partial charge in [-0.25, -0.2) is 0 Å². The third-order valence-electron chi connectivity index (χ3n) is 5.08. The number of hydrogen-bond acceptors (Lipinski definition) is 7. The van der Waals surface area contributed by atoms with Gasteiger partial charge in [-0.15, -0.1) is 10.2 Å². The highest BCUT2D eigenvalue weighted by Crippen LogP contribution is 2.43. The van der Waals surface area contributed by atoms with Crippen molar-refractivity contribution < 1.29 is 13.9 Å². The first-order chi connectivity index (χ1) is 15.1. The van der Waals surface area contributed by atoms with Crippen molar-refractivity contribution in [1.29, 1.82) is 0 Å². The number of benzene rings is 1. The number of carbonyl (C=O) groups excluding carboxylic acids is 1. The van der Waals surface area contributed by atoms with E-state index in [1.54, 1.807) is 16.7 Å². The highest BCUT2D eigenvalue weighted by molar-refractivity contribution is 7.99. The summed E-state index contributed by atoms with van der Waals surface area (Å²) in [6, 6.07) is 11.2. The monoisotopic (exact) mass is 438 g/mol. The number of hydrogen-bond donors (Lipinski definition) is 0. The summed E-state index contributed by atoms with van der Waals surface area (Å²) in [5.41, 5.74) is 1.95. The molecule has 0 N–H and O–H groups in total. The number of fused-ring (bicyclic) bond motifs is 3. The van der Waals surface area contributed by atoms with Gasteiger partial charge in [0.15, 0.2) is 11.5 Å². The van der Waals surface area contributed by atoms with Crippen molar-refractivity contribution in [3.8, 4) is 17.1 Å². The van der Waals surface area contributed by atoms with Crippen molar-refractivity contribution in [2.24, 2.45) is 0 Å². The number of para-hydroxylation sites is 1. The zero-order valence-corrected chi connectivity index (χ0v) is 18.8. The molecule has 31 heavy (non-hydrogen) atoms. The number of carbonyl (C=O) groups is 1. The van der Waals surface area contributed by atoms with Gasteiger partial charge in [0.05, 0.1) is 5.69 Å². The molecule has 0 spiro atoms. The standard InChI is InChI=1S/C23H26N4O3S/c1-4-5-6-9-14-31-23-24-21-20(25-26-23)17-10-7-8-11-18(17)27(16(3)28)22(30-21)19-13-12-15(2)29-19/h7-8,10-13,22H,4-6,9,14H2,1-3H3. The molecule has 1 aliphatic heterocycles. The molecule has 1 unspecified atom stereocenters. The van der Waals surface area contributed by atoms with Crippen molar-refractivity contribution in [3.05, 3.63) is 47.9 Å². The van der Waals surface area contributed by atoms with Crippen LogP contribution in [0.25, 0.3) is 11.3 Å². The van der Waals surface area contributed by atoms with Gasteiger partial charge >= 0.3 is 0 Å². The first-order valence-corrected chi connectivity index (χ1v) is 11.6. The van der Waals surface area contributed by atoms with Gasteiger partial charge in [-0.1, -0.05) is 56.1 Å². The zero-order chi connectivity index (χ0) is 21.8. The maximum absolute atomic E-state index is 12.7. The summed E-state index contributed by atoms with van der Waals surface area (Å²) in [6.07, 6.45) is 3.95. The Balaban J connectivity index is 1.72. The number of nitrogens with zero attached hydrogens (tertiary/aromatic N) is 4. The molecule has 1 aliphatic rings. The minimum Gasteiger partial charge on any atom is -0.460 e. The van der Waals surface area contributed by atoms with Gasteiger partial charge in [0, 0.05) is 18.2 Å². The van der Waals surface area contributed by atoms with Crippen LogP contribution in [0.4, 0.5) is 5.69 Å². The number of furan rings is 1. The summed E-state index contributed by atoms with van der Waals surface area (Å²) < 4.78 is 12.1. The van der Waals surface area contributed by atoms with Crippen molar-refractivity contribution >= 4 is 23.4 Å². The Bertz CT molecular complexity index is 1070. The van der Waals surface area contributed by atoms with E-state index in [2.05, 4.69) is 22.1 Å². The first kappa shape index (κ1) is 21.4. The summed E-state index contributed by atoms with van der Waals surface area (Å²) in [4.78, 5) is 18.9. The Labute approximate surface area is 186 Å². The second kappa shape index (κ2) is 9.51. The molecule has 3 heterocycles. The SMILES string of the molecule is CCCCCCSc1nnc2c(n1)OC(c1ccc(C)o1)N(C(C)=O)c1ccccc1-2. The summed E-state index contributed by atoms with van der Waals surface area (Å²) in [5, 5.41) is 9.32. The molecule has 162 valence electrons. The summed E-state index contributed by atoms with van der Waals surface area (Å²) >= 11 is 1.57. The molecule has 0 aliphatic carbocycles. The molecule has 0 saturated carbocycles. The average Bonchev–Trinajstić information content (AvgIpc) is 3.13.